The van der Waals surface area contributed by atoms with Crippen molar-refractivity contribution in [2.24, 2.45) is 0 Å². The van der Waals surface area contributed by atoms with Gasteiger partial charge in [0.25, 0.3) is 5.91 Å². The molecule has 4 rings (SSSR count). The van der Waals surface area contributed by atoms with Crippen LogP contribution in [0, 0.1) is 5.82 Å². The molecule has 3 heterocycles. The number of ether oxygens (including phenoxy) is 2. The molecular weight excluding hydrogens is 483 g/mol. The van der Waals surface area contributed by atoms with Gasteiger partial charge in [0.2, 0.25) is 15.9 Å². The second-order valence-corrected chi connectivity index (χ2v) is 10.4. The molecule has 2 bridgehead atoms. The van der Waals surface area contributed by atoms with Crippen molar-refractivity contribution < 1.29 is 37.1 Å². The van der Waals surface area contributed by atoms with Crippen LogP contribution in [0.3, 0.4) is 0 Å². The third kappa shape index (κ3) is 4.92. The molecule has 0 spiro atoms. The van der Waals surface area contributed by atoms with Gasteiger partial charge in [-0.15, -0.1) is 0 Å². The number of nitrogens with zero attached hydrogens (tertiary/aromatic N) is 3. The molecule has 188 valence electrons. The summed E-state index contributed by atoms with van der Waals surface area (Å²) >= 11 is 0. The van der Waals surface area contributed by atoms with Gasteiger partial charge in [0.05, 0.1) is 18.3 Å². The fourth-order valence-electron chi connectivity index (χ4n) is 4.42. The van der Waals surface area contributed by atoms with E-state index in [1.165, 1.54) is 46.8 Å². The lowest BCUT2D eigenvalue weighted by Gasteiger charge is -2.44. The molecule has 2 aliphatic heterocycles. The first-order valence-electron chi connectivity index (χ1n) is 11.0. The van der Waals surface area contributed by atoms with Crippen molar-refractivity contribution in [3.63, 3.8) is 0 Å². The van der Waals surface area contributed by atoms with Crippen molar-refractivity contribution in [2.75, 3.05) is 6.54 Å². The van der Waals surface area contributed by atoms with Crippen LogP contribution >= 0.6 is 0 Å². The fraction of sp³-hybridized carbons (Fsp3) is 0.409. The lowest BCUT2D eigenvalue weighted by molar-refractivity contribution is -0.136. The van der Waals surface area contributed by atoms with Crippen LogP contribution < -0.4 is 10.2 Å². The highest BCUT2D eigenvalue weighted by Crippen LogP contribution is 2.38. The van der Waals surface area contributed by atoms with E-state index in [0.717, 1.165) is 10.5 Å². The van der Waals surface area contributed by atoms with Gasteiger partial charge in [-0.1, -0.05) is 0 Å². The van der Waals surface area contributed by atoms with Crippen molar-refractivity contribution in [1.29, 1.82) is 0 Å². The number of hydroxylamine groups is 1. The summed E-state index contributed by atoms with van der Waals surface area (Å²) in [6.07, 6.45) is 0.898. The fourth-order valence-corrected chi connectivity index (χ4v) is 6.02. The zero-order valence-corrected chi connectivity index (χ0v) is 19.8. The second kappa shape index (κ2) is 9.76. The minimum Gasteiger partial charge on any atom is -0.447 e. The molecule has 0 radical (unpaired) electrons. The summed E-state index contributed by atoms with van der Waals surface area (Å²) in [6, 6.07) is 5.18. The van der Waals surface area contributed by atoms with Crippen LogP contribution in [0.1, 0.15) is 26.7 Å². The third-order valence-electron chi connectivity index (χ3n) is 5.89. The summed E-state index contributed by atoms with van der Waals surface area (Å²) in [5, 5.41) is 9.32. The summed E-state index contributed by atoms with van der Waals surface area (Å²) in [5.74, 6) is -0.984. The molecule has 2 N–H and O–H groups in total. The normalized spacial score (nSPS) is 22.2. The van der Waals surface area contributed by atoms with Gasteiger partial charge in [-0.3, -0.25) is 14.9 Å². The number of halogens is 1. The third-order valence-corrected chi connectivity index (χ3v) is 7.72. The Labute approximate surface area is 201 Å². The Morgan fingerprint density at radius 1 is 1.17 bits per heavy atom. The first-order valence-corrected chi connectivity index (χ1v) is 12.4. The highest BCUT2D eigenvalue weighted by Gasteiger charge is 2.55. The first-order chi connectivity index (χ1) is 16.6. The molecule has 11 nitrogen and oxygen atoms in total. The van der Waals surface area contributed by atoms with E-state index in [1.807, 2.05) is 0 Å². The lowest BCUT2D eigenvalue weighted by Crippen LogP contribution is -2.66. The van der Waals surface area contributed by atoms with Gasteiger partial charge in [0.1, 0.15) is 22.5 Å². The molecule has 1 aromatic carbocycles. The molecule has 0 saturated carbocycles. The maximum Gasteiger partial charge on any atom is 0.410 e. The molecular formula is C22H25FN4O7S. The van der Waals surface area contributed by atoms with Crippen LogP contribution in [0.5, 0.6) is 11.6 Å². The maximum atomic E-state index is 13.5. The molecule has 2 amide bonds. The van der Waals surface area contributed by atoms with Crippen LogP contribution in [-0.2, 0) is 19.6 Å². The number of hydrogen-bond acceptors (Lipinski definition) is 8. The van der Waals surface area contributed by atoms with Gasteiger partial charge in [0.15, 0.2) is 0 Å². The minimum atomic E-state index is -4.24. The molecule has 35 heavy (non-hydrogen) atoms. The van der Waals surface area contributed by atoms with Gasteiger partial charge < -0.3 is 9.47 Å². The molecule has 2 fully saturated rings. The standard InChI is InChI=1S/C22H25FN4O7S/c1-13(2)33-22(29)27-15-5-9-18(27)20(21(28)25-30)26(12-15)35(31,32)17-8-10-19(24-11-17)34-16-6-3-14(23)4-7-16/h3-4,6-8,10-11,13,15,18,20,30H,5,9,12H2,1-2H3,(H,25,28)/t15-,18+,20-/m1/s1. The Hall–Kier alpha value is -3.29. The van der Waals surface area contributed by atoms with Crippen LogP contribution in [0.4, 0.5) is 9.18 Å². The monoisotopic (exact) mass is 508 g/mol. The number of aromatic nitrogens is 1. The van der Waals surface area contributed by atoms with E-state index in [-0.39, 0.29) is 17.3 Å². The quantitative estimate of drug-likeness (QED) is 0.448. The topological polar surface area (TPSA) is 138 Å². The van der Waals surface area contributed by atoms with Crippen molar-refractivity contribution in [1.82, 2.24) is 19.7 Å². The number of benzene rings is 1. The number of piperazine rings is 1. The van der Waals surface area contributed by atoms with Crippen molar-refractivity contribution in [3.05, 3.63) is 48.4 Å². The average molecular weight is 509 g/mol. The van der Waals surface area contributed by atoms with Gasteiger partial charge >= 0.3 is 6.09 Å². The highest BCUT2D eigenvalue weighted by molar-refractivity contribution is 7.89. The van der Waals surface area contributed by atoms with E-state index in [4.69, 9.17) is 9.47 Å². The van der Waals surface area contributed by atoms with Gasteiger partial charge in [-0.2, -0.15) is 4.31 Å². The molecule has 3 atom stereocenters. The van der Waals surface area contributed by atoms with E-state index >= 15 is 0 Å². The summed E-state index contributed by atoms with van der Waals surface area (Å²) in [7, 11) is -4.24. The van der Waals surface area contributed by atoms with Crippen LogP contribution in [0.25, 0.3) is 0 Å². The minimum absolute atomic E-state index is 0.0847. The molecule has 2 aromatic rings. The van der Waals surface area contributed by atoms with Crippen LogP contribution in [0.2, 0.25) is 0 Å². The molecule has 13 heteroatoms. The van der Waals surface area contributed by atoms with E-state index in [0.29, 0.717) is 18.6 Å². The van der Waals surface area contributed by atoms with Crippen LogP contribution in [0.15, 0.2) is 47.5 Å². The Bertz CT molecular complexity index is 1190. The number of carbonyl (C=O) groups is 2. The Kier molecular flexibility index (Phi) is 6.92. The zero-order valence-electron chi connectivity index (χ0n) is 19.0. The molecule has 2 aliphatic rings. The van der Waals surface area contributed by atoms with Crippen molar-refractivity contribution >= 4 is 22.0 Å². The largest absolute Gasteiger partial charge is 0.447 e. The van der Waals surface area contributed by atoms with Crippen molar-refractivity contribution in [3.8, 4) is 11.6 Å². The van der Waals surface area contributed by atoms with Gasteiger partial charge in [-0.25, -0.2) is 28.1 Å². The molecule has 1 aromatic heterocycles. The smallest absolute Gasteiger partial charge is 0.410 e. The number of pyridine rings is 1. The van der Waals surface area contributed by atoms with E-state index in [2.05, 4.69) is 4.98 Å². The highest BCUT2D eigenvalue weighted by atomic mass is 32.2. The molecule has 0 aliphatic carbocycles. The number of rotatable bonds is 6. The van der Waals surface area contributed by atoms with E-state index in [1.54, 1.807) is 13.8 Å². The number of amides is 2. The molecule has 2 saturated heterocycles. The predicted molar refractivity (Wildman–Crippen MR) is 119 cm³/mol. The number of nitrogens with one attached hydrogen (secondary N) is 1. The Morgan fingerprint density at radius 3 is 2.49 bits per heavy atom. The van der Waals surface area contributed by atoms with Crippen LogP contribution in [-0.4, -0.2) is 70.6 Å². The number of carbonyl (C=O) groups excluding carboxylic acids is 2. The first kappa shape index (κ1) is 24.8. The predicted octanol–water partition coefficient (Wildman–Crippen LogP) is 2.27. The molecule has 0 unspecified atom stereocenters. The van der Waals surface area contributed by atoms with Gasteiger partial charge in [-0.05, 0) is 57.0 Å². The second-order valence-electron chi connectivity index (χ2n) is 8.52. The van der Waals surface area contributed by atoms with E-state index in [9.17, 15) is 27.6 Å². The van der Waals surface area contributed by atoms with E-state index < -0.39 is 52.1 Å². The van der Waals surface area contributed by atoms with Gasteiger partial charge in [0, 0.05) is 18.7 Å². The summed E-state index contributed by atoms with van der Waals surface area (Å²) in [5.41, 5.74) is 1.53. The maximum absolute atomic E-state index is 13.5. The summed E-state index contributed by atoms with van der Waals surface area (Å²) in [4.78, 5) is 30.5. The Balaban J connectivity index is 1.59. The summed E-state index contributed by atoms with van der Waals surface area (Å²) < 4.78 is 51.8. The summed E-state index contributed by atoms with van der Waals surface area (Å²) in [6.45, 7) is 3.22. The number of sulfonamides is 1. The number of hydrogen-bond donors (Lipinski definition) is 2. The number of fused-ring (bicyclic) bond motifs is 2. The van der Waals surface area contributed by atoms with Crippen molar-refractivity contribution in [2.45, 2.75) is 55.8 Å². The SMILES string of the molecule is CC(C)OC(=O)N1[C@@H]2CC[C@H]1[C@H](C(=O)NO)N(S(=O)(=O)c1ccc(Oc3ccc(F)cc3)nc1)C2. The lowest BCUT2D eigenvalue weighted by atomic mass is 10.1. The average Bonchev–Trinajstić information content (AvgIpc) is 3.13. The zero-order chi connectivity index (χ0) is 25.3. The Morgan fingerprint density at radius 2 is 1.89 bits per heavy atom.